The number of hydrogen-bond donors (Lipinski definition) is 0. The van der Waals surface area contributed by atoms with Crippen molar-refractivity contribution in [2.24, 2.45) is 0 Å². The highest BCUT2D eigenvalue weighted by atomic mass is 16.3. The fourth-order valence-electron chi connectivity index (χ4n) is 4.17. The molecule has 3 aromatic rings. The van der Waals surface area contributed by atoms with Gasteiger partial charge in [-0.1, -0.05) is 25.0 Å². The quantitative estimate of drug-likeness (QED) is 0.651. The highest BCUT2D eigenvalue weighted by Crippen LogP contribution is 2.32. The highest BCUT2D eigenvalue weighted by molar-refractivity contribution is 6.70. The molecule has 6 heteroatoms. The van der Waals surface area contributed by atoms with Gasteiger partial charge in [-0.3, -0.25) is 5.01 Å². The van der Waals surface area contributed by atoms with E-state index in [1.165, 1.54) is 11.4 Å². The summed E-state index contributed by atoms with van der Waals surface area (Å²) in [6.45, 7) is 6.63. The first kappa shape index (κ1) is 16.1. The Labute approximate surface area is 159 Å². The number of aromatic nitrogens is 1. The van der Waals surface area contributed by atoms with Crippen molar-refractivity contribution >= 4 is 35.4 Å². The van der Waals surface area contributed by atoms with E-state index < -0.39 is 0 Å². The Bertz CT molecular complexity index is 1060. The van der Waals surface area contributed by atoms with Crippen LogP contribution < -0.4 is 10.6 Å². The molecule has 0 spiro atoms. The van der Waals surface area contributed by atoms with Crippen LogP contribution >= 0.6 is 0 Å². The molecule has 2 aromatic heterocycles. The second kappa shape index (κ2) is 5.94. The molecule has 0 saturated heterocycles. The summed E-state index contributed by atoms with van der Waals surface area (Å²) >= 11 is 0. The largest absolute Gasteiger partial charge is 0.450 e. The van der Waals surface area contributed by atoms with Gasteiger partial charge < -0.3 is 14.2 Å². The summed E-state index contributed by atoms with van der Waals surface area (Å²) < 4.78 is 6.13. The average molecular weight is 356 g/mol. The molecule has 0 radical (unpaired) electrons. The fraction of sp³-hybridized carbons (Fsp3) is 0.190. The molecule has 2 aliphatic rings. The van der Waals surface area contributed by atoms with Crippen molar-refractivity contribution in [1.82, 2.24) is 14.9 Å². The maximum atomic E-state index is 6.13. The van der Waals surface area contributed by atoms with Gasteiger partial charge in [0.1, 0.15) is 11.8 Å². The second-order valence-corrected chi connectivity index (χ2v) is 7.10. The Morgan fingerprint density at radius 3 is 2.70 bits per heavy atom. The van der Waals surface area contributed by atoms with Crippen LogP contribution in [0.15, 0.2) is 71.2 Å². The van der Waals surface area contributed by atoms with Gasteiger partial charge in [0, 0.05) is 40.9 Å². The number of nitrogens with zero attached hydrogens (tertiary/aromatic N) is 4. The standard InChI is InChI=1S/C21H21BN4O/c1-15-14-19-18-10-7-11-23-21(18)27-20(19)22(3)26(15)25-13-12-24(16(25)2)17-8-5-4-6-9-17/h4-14,16H,1-3H3/t16-/m0/s1. The van der Waals surface area contributed by atoms with Crippen molar-refractivity contribution in [1.29, 1.82) is 0 Å². The first-order valence-corrected chi connectivity index (χ1v) is 9.30. The molecular formula is C21H21BN4O. The number of hydrogen-bond acceptors (Lipinski definition) is 5. The number of benzene rings is 1. The summed E-state index contributed by atoms with van der Waals surface area (Å²) in [6.07, 6.45) is 8.42. The monoisotopic (exact) mass is 356 g/mol. The summed E-state index contributed by atoms with van der Waals surface area (Å²) in [6, 6.07) is 14.5. The van der Waals surface area contributed by atoms with Crippen molar-refractivity contribution < 1.29 is 4.42 Å². The van der Waals surface area contributed by atoms with Crippen molar-refractivity contribution in [3.05, 3.63) is 72.3 Å². The van der Waals surface area contributed by atoms with E-state index >= 15 is 0 Å². The second-order valence-electron chi connectivity index (χ2n) is 7.10. The molecule has 0 bridgehead atoms. The molecule has 0 unspecified atom stereocenters. The molecule has 27 heavy (non-hydrogen) atoms. The van der Waals surface area contributed by atoms with Crippen molar-refractivity contribution in [2.75, 3.05) is 4.90 Å². The number of anilines is 1. The number of rotatable bonds is 2. The van der Waals surface area contributed by atoms with Crippen LogP contribution in [0, 0.1) is 0 Å². The predicted octanol–water partition coefficient (Wildman–Crippen LogP) is 3.89. The number of allylic oxidation sites excluding steroid dienone is 1. The Morgan fingerprint density at radius 2 is 1.89 bits per heavy atom. The lowest BCUT2D eigenvalue weighted by molar-refractivity contribution is 0.121. The first-order chi connectivity index (χ1) is 13.1. The summed E-state index contributed by atoms with van der Waals surface area (Å²) in [4.78, 5) is 8.96. The van der Waals surface area contributed by atoms with Crippen LogP contribution in [0.1, 0.15) is 19.4 Å². The number of furan rings is 1. The minimum Gasteiger partial charge on any atom is -0.450 e. The van der Waals surface area contributed by atoms with E-state index in [1.807, 2.05) is 12.1 Å². The van der Waals surface area contributed by atoms with Crippen LogP contribution in [0.4, 0.5) is 5.69 Å². The lowest BCUT2D eigenvalue weighted by atomic mass is 9.58. The molecule has 134 valence electrons. The maximum absolute atomic E-state index is 6.13. The Hall–Kier alpha value is -3.15. The van der Waals surface area contributed by atoms with Crippen LogP contribution in [-0.4, -0.2) is 27.9 Å². The summed E-state index contributed by atoms with van der Waals surface area (Å²) in [5.41, 5.74) is 5.19. The minimum absolute atomic E-state index is 0.0852. The highest BCUT2D eigenvalue weighted by Gasteiger charge is 2.38. The molecule has 0 saturated carbocycles. The topological polar surface area (TPSA) is 35.8 Å². The zero-order chi connectivity index (χ0) is 18.5. The zero-order valence-corrected chi connectivity index (χ0v) is 15.7. The molecule has 1 aromatic carbocycles. The van der Waals surface area contributed by atoms with Gasteiger partial charge in [-0.2, -0.15) is 0 Å². The Morgan fingerprint density at radius 1 is 1.07 bits per heavy atom. The van der Waals surface area contributed by atoms with Gasteiger partial charge in [0.15, 0.2) is 0 Å². The molecule has 5 rings (SSSR count). The van der Waals surface area contributed by atoms with E-state index in [2.05, 4.69) is 89.3 Å². The SMILES string of the molecule is CB1c2oc3ncccc3c2C=C(C)N1N1C=CN(c2ccccc2)[C@@H]1C. The van der Waals surface area contributed by atoms with Crippen molar-refractivity contribution in [2.45, 2.75) is 26.8 Å². The fourth-order valence-corrected chi connectivity index (χ4v) is 4.17. The third-order valence-electron chi connectivity index (χ3n) is 5.46. The Kier molecular flexibility index (Phi) is 3.54. The third-order valence-corrected chi connectivity index (χ3v) is 5.46. The smallest absolute Gasteiger partial charge is 0.353 e. The number of hydrazine groups is 1. The zero-order valence-electron chi connectivity index (χ0n) is 15.7. The van der Waals surface area contributed by atoms with Crippen LogP contribution in [0.2, 0.25) is 6.82 Å². The van der Waals surface area contributed by atoms with Gasteiger partial charge in [0.05, 0.1) is 0 Å². The third kappa shape index (κ3) is 2.36. The summed E-state index contributed by atoms with van der Waals surface area (Å²) in [5.74, 6) is 0. The molecule has 0 aliphatic carbocycles. The van der Waals surface area contributed by atoms with Gasteiger partial charge in [0.25, 0.3) is 0 Å². The summed E-state index contributed by atoms with van der Waals surface area (Å²) in [7, 11) is 0. The van der Waals surface area contributed by atoms with Gasteiger partial charge in [-0.15, -0.1) is 0 Å². The molecule has 1 atom stereocenters. The van der Waals surface area contributed by atoms with Crippen LogP contribution in [0.5, 0.6) is 0 Å². The molecule has 0 N–H and O–H groups in total. The predicted molar refractivity (Wildman–Crippen MR) is 110 cm³/mol. The molecule has 2 aliphatic heterocycles. The normalized spacial score (nSPS) is 19.1. The van der Waals surface area contributed by atoms with Crippen LogP contribution in [0.25, 0.3) is 17.2 Å². The Balaban J connectivity index is 1.51. The van der Waals surface area contributed by atoms with Crippen LogP contribution in [-0.2, 0) is 0 Å². The van der Waals surface area contributed by atoms with E-state index in [4.69, 9.17) is 4.42 Å². The minimum atomic E-state index is 0.0852. The van der Waals surface area contributed by atoms with Gasteiger partial charge in [-0.05, 0) is 44.2 Å². The van der Waals surface area contributed by atoms with Gasteiger partial charge >= 0.3 is 6.85 Å². The van der Waals surface area contributed by atoms with E-state index in [0.717, 1.165) is 16.6 Å². The van der Waals surface area contributed by atoms with Crippen LogP contribution in [0.3, 0.4) is 0 Å². The molecule has 0 fully saturated rings. The molecule has 5 nitrogen and oxygen atoms in total. The molecular weight excluding hydrogens is 335 g/mol. The average Bonchev–Trinajstić information content (AvgIpc) is 3.24. The maximum Gasteiger partial charge on any atom is 0.353 e. The van der Waals surface area contributed by atoms with E-state index in [1.54, 1.807) is 6.20 Å². The summed E-state index contributed by atoms with van der Waals surface area (Å²) in [5, 5.41) is 3.35. The number of pyridine rings is 1. The lowest BCUT2D eigenvalue weighted by Gasteiger charge is -2.43. The van der Waals surface area contributed by atoms with Crippen molar-refractivity contribution in [3.8, 4) is 0 Å². The van der Waals surface area contributed by atoms with Gasteiger partial charge in [0.2, 0.25) is 5.71 Å². The molecule has 0 amide bonds. The van der Waals surface area contributed by atoms with Gasteiger partial charge in [-0.25, -0.2) is 4.98 Å². The number of fused-ring (bicyclic) bond motifs is 3. The van der Waals surface area contributed by atoms with E-state index in [-0.39, 0.29) is 13.0 Å². The number of para-hydroxylation sites is 1. The first-order valence-electron chi connectivity index (χ1n) is 9.30. The molecule has 4 heterocycles. The van der Waals surface area contributed by atoms with Crippen molar-refractivity contribution in [3.63, 3.8) is 0 Å². The van der Waals surface area contributed by atoms with E-state index in [9.17, 15) is 0 Å². The lowest BCUT2D eigenvalue weighted by Crippen LogP contribution is -2.57. The van der Waals surface area contributed by atoms with E-state index in [0.29, 0.717) is 5.71 Å².